The summed E-state index contributed by atoms with van der Waals surface area (Å²) in [6.45, 7) is -0.668. The Balaban J connectivity index is 3.99. The summed E-state index contributed by atoms with van der Waals surface area (Å²) in [5.74, 6) is 0.124. The van der Waals surface area contributed by atoms with Crippen LogP contribution in [0.15, 0.2) is 0 Å². The molecule has 0 spiro atoms. The normalized spacial score (nSPS) is 20.8. The number of hydrogen-bond donors (Lipinski definition) is 6. The molecule has 0 aliphatic carbocycles. The number of hydrogen-bond acceptors (Lipinski definition) is 7. The SMILES string of the molecule is OCC(O)C(O)C(O)C(O)CSS. The van der Waals surface area contributed by atoms with E-state index in [2.05, 4.69) is 11.7 Å². The minimum Gasteiger partial charge on any atom is -0.394 e. The van der Waals surface area contributed by atoms with Gasteiger partial charge in [-0.15, -0.1) is 11.7 Å². The van der Waals surface area contributed by atoms with Gasteiger partial charge < -0.3 is 25.5 Å². The second-order valence-corrected chi connectivity index (χ2v) is 3.96. The molecule has 0 amide bonds. The van der Waals surface area contributed by atoms with E-state index in [0.29, 0.717) is 0 Å². The van der Waals surface area contributed by atoms with Gasteiger partial charge in [-0.25, -0.2) is 0 Å². The van der Waals surface area contributed by atoms with Crippen LogP contribution in [0.1, 0.15) is 0 Å². The molecule has 0 aromatic heterocycles. The van der Waals surface area contributed by atoms with Crippen LogP contribution < -0.4 is 0 Å². The standard InChI is InChI=1S/C6H14O5S2/c7-1-3(8)5(10)6(11)4(9)2-13-12/h3-12H,1-2H2. The van der Waals surface area contributed by atoms with Gasteiger partial charge in [0.15, 0.2) is 0 Å². The lowest BCUT2D eigenvalue weighted by Gasteiger charge is -2.24. The molecule has 0 radical (unpaired) electrons. The fourth-order valence-corrected chi connectivity index (χ4v) is 1.55. The Morgan fingerprint density at radius 3 is 1.85 bits per heavy atom. The van der Waals surface area contributed by atoms with Crippen molar-refractivity contribution in [3.05, 3.63) is 0 Å². The molecule has 5 N–H and O–H groups in total. The molecule has 4 atom stereocenters. The molecule has 7 heteroatoms. The number of thiol groups is 1. The van der Waals surface area contributed by atoms with Crippen molar-refractivity contribution in [1.29, 1.82) is 0 Å². The van der Waals surface area contributed by atoms with Crippen molar-refractivity contribution in [3.8, 4) is 0 Å². The van der Waals surface area contributed by atoms with Crippen molar-refractivity contribution in [2.24, 2.45) is 0 Å². The maximum Gasteiger partial charge on any atom is 0.111 e. The van der Waals surface area contributed by atoms with Crippen molar-refractivity contribution in [1.82, 2.24) is 0 Å². The zero-order valence-corrected chi connectivity index (χ0v) is 8.53. The lowest BCUT2D eigenvalue weighted by molar-refractivity contribution is -0.109. The van der Waals surface area contributed by atoms with E-state index >= 15 is 0 Å². The van der Waals surface area contributed by atoms with Crippen LogP contribution in [0.25, 0.3) is 0 Å². The van der Waals surface area contributed by atoms with Crippen molar-refractivity contribution >= 4 is 22.5 Å². The van der Waals surface area contributed by atoms with E-state index < -0.39 is 31.0 Å². The Bertz CT molecular complexity index is 136. The topological polar surface area (TPSA) is 101 Å². The van der Waals surface area contributed by atoms with Crippen LogP contribution in [0.3, 0.4) is 0 Å². The van der Waals surface area contributed by atoms with Crippen LogP contribution in [-0.2, 0) is 0 Å². The quantitative estimate of drug-likeness (QED) is 0.233. The summed E-state index contributed by atoms with van der Waals surface area (Å²) in [5, 5.41) is 44.8. The molecular formula is C6H14O5S2. The summed E-state index contributed by atoms with van der Waals surface area (Å²) in [4.78, 5) is 0. The number of aliphatic hydroxyl groups excluding tert-OH is 5. The number of aliphatic hydroxyl groups is 5. The van der Waals surface area contributed by atoms with E-state index in [1.165, 1.54) is 0 Å². The van der Waals surface area contributed by atoms with E-state index in [-0.39, 0.29) is 5.75 Å². The van der Waals surface area contributed by atoms with E-state index in [4.69, 9.17) is 20.4 Å². The highest BCUT2D eigenvalue weighted by Crippen LogP contribution is 2.12. The van der Waals surface area contributed by atoms with Crippen LogP contribution >= 0.6 is 22.5 Å². The van der Waals surface area contributed by atoms with Crippen molar-refractivity contribution in [2.45, 2.75) is 24.4 Å². The summed E-state index contributed by atoms with van der Waals surface area (Å²) < 4.78 is 0. The van der Waals surface area contributed by atoms with E-state index in [1.54, 1.807) is 0 Å². The average Bonchev–Trinajstić information content (AvgIpc) is 2.14. The fourth-order valence-electron chi connectivity index (χ4n) is 0.738. The van der Waals surface area contributed by atoms with Gasteiger partial charge in [0, 0.05) is 5.75 Å². The highest BCUT2D eigenvalue weighted by molar-refractivity contribution is 8.68. The maximum atomic E-state index is 9.20. The minimum atomic E-state index is -1.56. The molecule has 0 saturated heterocycles. The molecule has 13 heavy (non-hydrogen) atoms. The van der Waals surface area contributed by atoms with Crippen LogP contribution in [0.4, 0.5) is 0 Å². The molecule has 0 aromatic rings. The first-order valence-corrected chi connectivity index (χ1v) is 5.67. The molecule has 0 rings (SSSR count). The summed E-state index contributed by atoms with van der Waals surface area (Å²) in [6.07, 6.45) is -5.67. The zero-order chi connectivity index (χ0) is 10.4. The smallest absolute Gasteiger partial charge is 0.111 e. The van der Waals surface area contributed by atoms with Crippen molar-refractivity contribution < 1.29 is 25.5 Å². The lowest BCUT2D eigenvalue weighted by Crippen LogP contribution is -2.46. The number of rotatable bonds is 6. The molecule has 5 nitrogen and oxygen atoms in total. The summed E-state index contributed by atoms with van der Waals surface area (Å²) in [7, 11) is 1.00. The Labute approximate surface area is 85.2 Å². The predicted octanol–water partition coefficient (Wildman–Crippen LogP) is -2.00. The Morgan fingerprint density at radius 1 is 1.00 bits per heavy atom. The first kappa shape index (κ1) is 13.5. The van der Waals surface area contributed by atoms with Gasteiger partial charge in [0.25, 0.3) is 0 Å². The second-order valence-electron chi connectivity index (χ2n) is 2.59. The summed E-state index contributed by atoms with van der Waals surface area (Å²) >= 11 is 3.75. The van der Waals surface area contributed by atoms with Gasteiger partial charge in [-0.2, -0.15) is 0 Å². The van der Waals surface area contributed by atoms with Gasteiger partial charge in [-0.1, -0.05) is 10.8 Å². The average molecular weight is 230 g/mol. The Kier molecular flexibility index (Phi) is 7.15. The van der Waals surface area contributed by atoms with E-state index in [0.717, 1.165) is 10.8 Å². The van der Waals surface area contributed by atoms with Crippen molar-refractivity contribution in [3.63, 3.8) is 0 Å². The summed E-state index contributed by atoms with van der Waals surface area (Å²) in [6, 6.07) is 0. The Morgan fingerprint density at radius 2 is 1.46 bits per heavy atom. The van der Waals surface area contributed by atoms with Gasteiger partial charge in [0.2, 0.25) is 0 Å². The van der Waals surface area contributed by atoms with Gasteiger partial charge in [-0.05, 0) is 0 Å². The van der Waals surface area contributed by atoms with Gasteiger partial charge >= 0.3 is 0 Å². The molecule has 0 aromatic carbocycles. The van der Waals surface area contributed by atoms with Crippen LogP contribution in [0.5, 0.6) is 0 Å². The highest BCUT2D eigenvalue weighted by Gasteiger charge is 2.29. The monoisotopic (exact) mass is 230 g/mol. The zero-order valence-electron chi connectivity index (χ0n) is 6.82. The highest BCUT2D eigenvalue weighted by atomic mass is 33.1. The predicted molar refractivity (Wildman–Crippen MR) is 52.6 cm³/mol. The van der Waals surface area contributed by atoms with Crippen molar-refractivity contribution in [2.75, 3.05) is 12.4 Å². The fraction of sp³-hybridized carbons (Fsp3) is 1.00. The molecule has 0 heterocycles. The van der Waals surface area contributed by atoms with Crippen LogP contribution in [-0.4, -0.2) is 62.3 Å². The third kappa shape index (κ3) is 4.50. The lowest BCUT2D eigenvalue weighted by atomic mass is 10.0. The third-order valence-electron chi connectivity index (χ3n) is 1.57. The Hall–Kier alpha value is 0.500. The molecule has 0 aliphatic rings. The van der Waals surface area contributed by atoms with Crippen LogP contribution in [0, 0.1) is 0 Å². The molecule has 4 unspecified atom stereocenters. The van der Waals surface area contributed by atoms with E-state index in [9.17, 15) is 5.11 Å². The molecule has 0 fully saturated rings. The van der Waals surface area contributed by atoms with Gasteiger partial charge in [-0.3, -0.25) is 0 Å². The molecule has 80 valence electrons. The molecule has 0 saturated carbocycles. The van der Waals surface area contributed by atoms with E-state index in [1.807, 2.05) is 0 Å². The first-order chi connectivity index (χ1) is 6.04. The van der Waals surface area contributed by atoms with Gasteiger partial charge in [0.1, 0.15) is 18.3 Å². The largest absolute Gasteiger partial charge is 0.394 e. The minimum absolute atomic E-state index is 0.124. The summed E-state index contributed by atoms with van der Waals surface area (Å²) in [5.41, 5.74) is 0. The molecule has 0 bridgehead atoms. The molecular weight excluding hydrogens is 216 g/mol. The second kappa shape index (κ2) is 6.88. The first-order valence-electron chi connectivity index (χ1n) is 3.64. The maximum absolute atomic E-state index is 9.20. The van der Waals surface area contributed by atoms with Crippen LogP contribution in [0.2, 0.25) is 0 Å². The van der Waals surface area contributed by atoms with Gasteiger partial charge in [0.05, 0.1) is 12.7 Å². The molecule has 0 aliphatic heterocycles. The third-order valence-corrected chi connectivity index (χ3v) is 2.51.